The molecule has 0 bridgehead atoms. The highest BCUT2D eigenvalue weighted by Gasteiger charge is 1.95. The third kappa shape index (κ3) is 2.82. The van der Waals surface area contributed by atoms with Gasteiger partial charge in [-0.3, -0.25) is 0 Å². The van der Waals surface area contributed by atoms with Crippen molar-refractivity contribution in [3.8, 4) is 17.9 Å². The summed E-state index contributed by atoms with van der Waals surface area (Å²) >= 11 is 5.89. The summed E-state index contributed by atoms with van der Waals surface area (Å²) in [6, 6.07) is 7.61. The van der Waals surface area contributed by atoms with Crippen molar-refractivity contribution in [2.45, 2.75) is 13.3 Å². The monoisotopic (exact) mass is 189 g/mol. The smallest absolute Gasteiger partial charge is 0.0966 e. The molecule has 0 unspecified atom stereocenters. The van der Waals surface area contributed by atoms with Crippen LogP contribution in [0.5, 0.6) is 0 Å². The fourth-order valence-corrected chi connectivity index (χ4v) is 1.08. The van der Waals surface area contributed by atoms with Gasteiger partial charge in [-0.1, -0.05) is 29.5 Å². The molecule has 0 N–H and O–H groups in total. The van der Waals surface area contributed by atoms with E-state index in [0.717, 1.165) is 11.1 Å². The largest absolute Gasteiger partial charge is 0.197 e. The zero-order valence-electron chi connectivity index (χ0n) is 7.26. The molecule has 0 heterocycles. The van der Waals surface area contributed by atoms with Crippen molar-refractivity contribution in [1.29, 1.82) is 5.26 Å². The van der Waals surface area contributed by atoms with E-state index >= 15 is 0 Å². The van der Waals surface area contributed by atoms with E-state index in [4.69, 9.17) is 16.9 Å². The zero-order chi connectivity index (χ0) is 9.68. The van der Waals surface area contributed by atoms with Gasteiger partial charge >= 0.3 is 0 Å². The van der Waals surface area contributed by atoms with Gasteiger partial charge in [0, 0.05) is 5.56 Å². The summed E-state index contributed by atoms with van der Waals surface area (Å²) in [5.41, 5.74) is 1.91. The van der Waals surface area contributed by atoms with Crippen molar-refractivity contribution < 1.29 is 0 Å². The molecule has 13 heavy (non-hydrogen) atoms. The van der Waals surface area contributed by atoms with E-state index in [1.54, 1.807) is 0 Å². The van der Waals surface area contributed by atoms with Gasteiger partial charge in [-0.05, 0) is 24.6 Å². The van der Waals surface area contributed by atoms with Crippen LogP contribution in [0.3, 0.4) is 0 Å². The van der Waals surface area contributed by atoms with Crippen LogP contribution in [0.2, 0.25) is 5.02 Å². The molecule has 0 aliphatic rings. The van der Waals surface area contributed by atoms with E-state index in [1.807, 2.05) is 31.2 Å². The lowest BCUT2D eigenvalue weighted by Gasteiger charge is -1.96. The quantitative estimate of drug-likeness (QED) is 0.576. The van der Waals surface area contributed by atoms with Gasteiger partial charge in [0.15, 0.2) is 0 Å². The maximum absolute atomic E-state index is 8.28. The number of nitrogens with zero attached hydrogens (tertiary/aromatic N) is 1. The van der Waals surface area contributed by atoms with Crippen LogP contribution in [0, 0.1) is 30.1 Å². The molecule has 64 valence electrons. The van der Waals surface area contributed by atoms with Gasteiger partial charge in [-0.2, -0.15) is 5.26 Å². The second-order valence-corrected chi connectivity index (χ2v) is 3.03. The molecule has 0 saturated heterocycles. The minimum Gasteiger partial charge on any atom is -0.197 e. The van der Waals surface area contributed by atoms with E-state index in [0.29, 0.717) is 5.02 Å². The number of benzene rings is 1. The molecule has 1 aromatic carbocycles. The first kappa shape index (κ1) is 9.65. The molecule has 0 atom stereocenters. The molecular formula is C11H8ClN. The zero-order valence-corrected chi connectivity index (χ0v) is 8.02. The van der Waals surface area contributed by atoms with E-state index in [2.05, 4.69) is 11.8 Å². The molecule has 0 fully saturated rings. The van der Waals surface area contributed by atoms with E-state index in [-0.39, 0.29) is 6.42 Å². The van der Waals surface area contributed by atoms with Crippen molar-refractivity contribution in [2.75, 3.05) is 0 Å². The van der Waals surface area contributed by atoms with Gasteiger partial charge in [0.1, 0.15) is 0 Å². The van der Waals surface area contributed by atoms with Gasteiger partial charge in [0.25, 0.3) is 0 Å². The first-order chi connectivity index (χ1) is 6.24. The van der Waals surface area contributed by atoms with Crippen LogP contribution < -0.4 is 0 Å². The molecule has 1 rings (SSSR count). The first-order valence-corrected chi connectivity index (χ1v) is 4.24. The SMILES string of the molecule is Cc1ccc(Cl)c(C#CCC#N)c1. The van der Waals surface area contributed by atoms with Crippen LogP contribution in [0.25, 0.3) is 0 Å². The fourth-order valence-electron chi connectivity index (χ4n) is 0.914. The van der Waals surface area contributed by atoms with Crippen molar-refractivity contribution in [1.82, 2.24) is 0 Å². The predicted octanol–water partition coefficient (Wildman–Crippen LogP) is 2.91. The topological polar surface area (TPSA) is 23.8 Å². The van der Waals surface area contributed by atoms with Gasteiger partial charge in [0.05, 0.1) is 17.5 Å². The Labute approximate surface area is 83.0 Å². The van der Waals surface area contributed by atoms with Gasteiger partial charge < -0.3 is 0 Å². The number of nitriles is 1. The summed E-state index contributed by atoms with van der Waals surface area (Å²) < 4.78 is 0. The molecule has 0 radical (unpaired) electrons. The van der Waals surface area contributed by atoms with Gasteiger partial charge in [-0.15, -0.1) is 0 Å². The van der Waals surface area contributed by atoms with Crippen molar-refractivity contribution in [2.24, 2.45) is 0 Å². The van der Waals surface area contributed by atoms with Crippen LogP contribution in [0.4, 0.5) is 0 Å². The Bertz CT molecular complexity index is 404. The third-order valence-corrected chi connectivity index (χ3v) is 1.84. The Hall–Kier alpha value is -1.44. The van der Waals surface area contributed by atoms with Crippen LogP contribution in [0.1, 0.15) is 17.5 Å². The highest BCUT2D eigenvalue weighted by molar-refractivity contribution is 6.31. The molecule has 2 heteroatoms. The Balaban J connectivity index is 2.97. The molecule has 0 amide bonds. The Morgan fingerprint density at radius 3 is 2.92 bits per heavy atom. The summed E-state index contributed by atoms with van der Waals surface area (Å²) in [5.74, 6) is 5.57. The number of hydrogen-bond acceptors (Lipinski definition) is 1. The number of hydrogen-bond donors (Lipinski definition) is 0. The summed E-state index contributed by atoms with van der Waals surface area (Å²) in [4.78, 5) is 0. The average Bonchev–Trinajstić information content (AvgIpc) is 2.11. The molecular weight excluding hydrogens is 182 g/mol. The molecule has 0 saturated carbocycles. The minimum atomic E-state index is 0.240. The lowest BCUT2D eigenvalue weighted by molar-refractivity contribution is 1.39. The standard InChI is InChI=1S/C11H8ClN/c1-9-5-6-11(12)10(8-9)4-2-3-7-13/h5-6,8H,3H2,1H3. The maximum Gasteiger partial charge on any atom is 0.0966 e. The van der Waals surface area contributed by atoms with E-state index < -0.39 is 0 Å². The second kappa shape index (κ2) is 4.55. The van der Waals surface area contributed by atoms with Crippen molar-refractivity contribution in [3.63, 3.8) is 0 Å². The predicted molar refractivity (Wildman–Crippen MR) is 53.3 cm³/mol. The minimum absolute atomic E-state index is 0.240. The number of halogens is 1. The molecule has 1 nitrogen and oxygen atoms in total. The fraction of sp³-hybridized carbons (Fsp3) is 0.182. The number of rotatable bonds is 0. The van der Waals surface area contributed by atoms with Crippen LogP contribution in [-0.2, 0) is 0 Å². The number of aryl methyl sites for hydroxylation is 1. The summed E-state index contributed by atoms with van der Waals surface area (Å²) in [5, 5.41) is 8.92. The van der Waals surface area contributed by atoms with Crippen LogP contribution in [0.15, 0.2) is 18.2 Å². The van der Waals surface area contributed by atoms with Gasteiger partial charge in [-0.25, -0.2) is 0 Å². The van der Waals surface area contributed by atoms with E-state index in [9.17, 15) is 0 Å². The summed E-state index contributed by atoms with van der Waals surface area (Å²) in [7, 11) is 0. The highest BCUT2D eigenvalue weighted by atomic mass is 35.5. The van der Waals surface area contributed by atoms with Crippen LogP contribution in [-0.4, -0.2) is 0 Å². The molecule has 0 aliphatic carbocycles. The average molecular weight is 190 g/mol. The molecule has 0 aromatic heterocycles. The van der Waals surface area contributed by atoms with Crippen molar-refractivity contribution >= 4 is 11.6 Å². The highest BCUT2D eigenvalue weighted by Crippen LogP contribution is 2.15. The molecule has 0 spiro atoms. The van der Waals surface area contributed by atoms with E-state index in [1.165, 1.54) is 0 Å². The molecule has 0 aliphatic heterocycles. The first-order valence-electron chi connectivity index (χ1n) is 3.86. The van der Waals surface area contributed by atoms with Crippen LogP contribution >= 0.6 is 11.6 Å². The maximum atomic E-state index is 8.28. The second-order valence-electron chi connectivity index (χ2n) is 2.62. The summed E-state index contributed by atoms with van der Waals surface area (Å²) in [6.45, 7) is 1.98. The lowest BCUT2D eigenvalue weighted by atomic mass is 10.1. The molecule has 1 aromatic rings. The normalized spacial score (nSPS) is 8.38. The Kier molecular flexibility index (Phi) is 3.38. The van der Waals surface area contributed by atoms with Gasteiger partial charge in [0.2, 0.25) is 0 Å². The Morgan fingerprint density at radius 2 is 2.23 bits per heavy atom. The summed E-state index contributed by atoms with van der Waals surface area (Å²) in [6.07, 6.45) is 0.240. The Morgan fingerprint density at radius 1 is 1.46 bits per heavy atom. The van der Waals surface area contributed by atoms with Crippen molar-refractivity contribution in [3.05, 3.63) is 34.3 Å². The third-order valence-electron chi connectivity index (χ3n) is 1.51. The lowest BCUT2D eigenvalue weighted by Crippen LogP contribution is -1.79.